The van der Waals surface area contributed by atoms with Crippen LogP contribution in [0.2, 0.25) is 0 Å². The van der Waals surface area contributed by atoms with E-state index in [0.29, 0.717) is 0 Å². The first kappa shape index (κ1) is 15.9. The van der Waals surface area contributed by atoms with Gasteiger partial charge in [0.25, 0.3) is 5.60 Å². The molecule has 1 atom stereocenters. The van der Waals surface area contributed by atoms with Gasteiger partial charge in [-0.25, -0.2) is 0 Å². The zero-order valence-corrected chi connectivity index (χ0v) is 12.7. The molecular weight excluding hydrogens is 312 g/mol. The van der Waals surface area contributed by atoms with Gasteiger partial charge in [-0.2, -0.15) is 0 Å². The Labute approximate surface area is 137 Å². The number of nitrogen functional groups attached to an aromatic ring is 1. The Balaban J connectivity index is 2.18. The fourth-order valence-corrected chi connectivity index (χ4v) is 2.81. The topological polar surface area (TPSA) is 119 Å². The van der Waals surface area contributed by atoms with Crippen LogP contribution < -0.4 is 16.0 Å². The summed E-state index contributed by atoms with van der Waals surface area (Å²) in [5.74, 6) is 2.66. The van der Waals surface area contributed by atoms with E-state index in [-0.39, 0.29) is 28.1 Å². The van der Waals surface area contributed by atoms with Gasteiger partial charge >= 0.3 is 0 Å². The molecule has 0 heterocycles. The van der Waals surface area contributed by atoms with Crippen LogP contribution in [0.4, 0.5) is 5.69 Å². The lowest BCUT2D eigenvalue weighted by atomic mass is 9.88. The Bertz CT molecular complexity index is 863. The number of carbonyl (C=O) groups excluding carboxylic acids is 3. The second-order valence-electron chi connectivity index (χ2n) is 5.27. The smallest absolute Gasteiger partial charge is 0.254 e. The first-order valence-corrected chi connectivity index (χ1v) is 7.06. The third-order valence-electron chi connectivity index (χ3n) is 4.02. The number of fused-ring (bicyclic) bond motifs is 1. The minimum Gasteiger partial charge on any atom is -0.495 e. The van der Waals surface area contributed by atoms with Gasteiger partial charge in [0, 0.05) is 11.1 Å². The third-order valence-corrected chi connectivity index (χ3v) is 4.02. The molecule has 2 aromatic rings. The molecule has 3 rings (SSSR count). The summed E-state index contributed by atoms with van der Waals surface area (Å²) in [5.41, 5.74) is -0.646. The van der Waals surface area contributed by atoms with Crippen molar-refractivity contribution in [2.75, 3.05) is 12.5 Å². The molecular formula is C17H14N2O5. The summed E-state index contributed by atoms with van der Waals surface area (Å²) in [5, 5.41) is 10.7. The van der Waals surface area contributed by atoms with E-state index in [0.717, 1.165) is 0 Å². The predicted octanol–water partition coefficient (Wildman–Crippen LogP) is 0.974. The number of hydrazine groups is 1. The number of Topliss-reactive ketones (excluding diaryl/α,β-unsaturated/α-hetero) is 3. The highest BCUT2D eigenvalue weighted by Crippen LogP contribution is 2.40. The van der Waals surface area contributed by atoms with Gasteiger partial charge in [-0.15, -0.1) is 0 Å². The Kier molecular flexibility index (Phi) is 3.67. The van der Waals surface area contributed by atoms with E-state index in [1.54, 1.807) is 18.2 Å². The molecule has 0 bridgehead atoms. The van der Waals surface area contributed by atoms with Crippen molar-refractivity contribution >= 4 is 23.0 Å². The molecule has 2 aromatic carbocycles. The lowest BCUT2D eigenvalue weighted by molar-refractivity contribution is 0.0317. The van der Waals surface area contributed by atoms with Crippen LogP contribution in [-0.4, -0.2) is 35.2 Å². The number of nitrogens with two attached hydrogens (primary N) is 1. The van der Waals surface area contributed by atoms with Crippen molar-refractivity contribution in [1.29, 1.82) is 0 Å². The van der Waals surface area contributed by atoms with Gasteiger partial charge in [0.05, 0.1) is 12.7 Å². The van der Waals surface area contributed by atoms with E-state index >= 15 is 0 Å². The van der Waals surface area contributed by atoms with Crippen LogP contribution in [0.25, 0.3) is 0 Å². The first-order chi connectivity index (χ1) is 11.5. The van der Waals surface area contributed by atoms with E-state index in [4.69, 9.17) is 10.6 Å². The highest BCUT2D eigenvalue weighted by Gasteiger charge is 2.58. The zero-order chi connectivity index (χ0) is 17.5. The molecule has 0 saturated carbocycles. The average Bonchev–Trinajstić information content (AvgIpc) is 2.83. The van der Waals surface area contributed by atoms with Gasteiger partial charge < -0.3 is 15.3 Å². The summed E-state index contributed by atoms with van der Waals surface area (Å²) in [4.78, 5) is 38.0. The highest BCUT2D eigenvalue weighted by atomic mass is 16.5. The molecule has 0 amide bonds. The van der Waals surface area contributed by atoms with Gasteiger partial charge in [-0.3, -0.25) is 20.2 Å². The molecule has 0 aromatic heterocycles. The maximum absolute atomic E-state index is 12.7. The molecule has 4 N–H and O–H groups in total. The SMILES string of the molecule is COc1ccc2c(c1NN)C(=O)C(O)(C(=O)c1ccccc1)C2=O. The van der Waals surface area contributed by atoms with Crippen LogP contribution >= 0.6 is 0 Å². The normalized spacial score (nSPS) is 19.1. The molecule has 7 nitrogen and oxygen atoms in total. The van der Waals surface area contributed by atoms with Gasteiger partial charge in [0.1, 0.15) is 11.4 Å². The Morgan fingerprint density at radius 2 is 1.79 bits per heavy atom. The number of nitrogens with one attached hydrogen (secondary N) is 1. The molecule has 7 heteroatoms. The molecule has 1 aliphatic carbocycles. The first-order valence-electron chi connectivity index (χ1n) is 7.06. The van der Waals surface area contributed by atoms with E-state index in [1.165, 1.54) is 31.4 Å². The van der Waals surface area contributed by atoms with Crippen LogP contribution in [0, 0.1) is 0 Å². The maximum atomic E-state index is 12.7. The third kappa shape index (κ3) is 1.96. The van der Waals surface area contributed by atoms with Gasteiger partial charge in [0.15, 0.2) is 0 Å². The fourth-order valence-electron chi connectivity index (χ4n) is 2.81. The second-order valence-corrected chi connectivity index (χ2v) is 5.27. The van der Waals surface area contributed by atoms with E-state index in [9.17, 15) is 19.5 Å². The molecule has 0 aliphatic heterocycles. The Morgan fingerprint density at radius 1 is 1.12 bits per heavy atom. The quantitative estimate of drug-likeness (QED) is 0.331. The largest absolute Gasteiger partial charge is 0.495 e. The number of ether oxygens (including phenoxy) is 1. The molecule has 0 spiro atoms. The molecule has 122 valence electrons. The highest BCUT2D eigenvalue weighted by molar-refractivity contribution is 6.45. The van der Waals surface area contributed by atoms with Gasteiger partial charge in [-0.1, -0.05) is 30.3 Å². The van der Waals surface area contributed by atoms with Crippen molar-refractivity contribution in [3.05, 3.63) is 59.2 Å². The van der Waals surface area contributed by atoms with E-state index < -0.39 is 23.0 Å². The number of benzene rings is 2. The van der Waals surface area contributed by atoms with E-state index in [1.807, 2.05) is 0 Å². The summed E-state index contributed by atoms with van der Waals surface area (Å²) in [6.07, 6.45) is 0. The number of hydrogen-bond acceptors (Lipinski definition) is 7. The van der Waals surface area contributed by atoms with Crippen molar-refractivity contribution < 1.29 is 24.2 Å². The lowest BCUT2D eigenvalue weighted by Gasteiger charge is -2.17. The Morgan fingerprint density at radius 3 is 2.38 bits per heavy atom. The van der Waals surface area contributed by atoms with Crippen LogP contribution in [0.15, 0.2) is 42.5 Å². The zero-order valence-electron chi connectivity index (χ0n) is 12.7. The van der Waals surface area contributed by atoms with Gasteiger partial charge in [-0.05, 0) is 12.1 Å². The number of rotatable bonds is 4. The van der Waals surface area contributed by atoms with Crippen molar-refractivity contribution in [3.8, 4) is 5.75 Å². The van der Waals surface area contributed by atoms with Crippen LogP contribution in [0.1, 0.15) is 31.1 Å². The average molecular weight is 326 g/mol. The molecule has 24 heavy (non-hydrogen) atoms. The lowest BCUT2D eigenvalue weighted by Crippen LogP contribution is -2.49. The predicted molar refractivity (Wildman–Crippen MR) is 85.2 cm³/mol. The summed E-state index contributed by atoms with van der Waals surface area (Å²) in [7, 11) is 1.37. The van der Waals surface area contributed by atoms with Gasteiger partial charge in [0.2, 0.25) is 17.3 Å². The Hall–Kier alpha value is -3.03. The standard InChI is InChI=1S/C17H14N2O5/c1-24-11-8-7-10-12(13(11)19-18)16(22)17(23,15(10)21)14(20)9-5-3-2-4-6-9/h2-8,19,23H,18H2,1H3. The fraction of sp³-hybridized carbons (Fsp3) is 0.118. The van der Waals surface area contributed by atoms with Crippen molar-refractivity contribution in [3.63, 3.8) is 0 Å². The number of anilines is 1. The maximum Gasteiger partial charge on any atom is 0.254 e. The van der Waals surface area contributed by atoms with Crippen LogP contribution in [-0.2, 0) is 0 Å². The minimum absolute atomic E-state index is 0.0464. The summed E-state index contributed by atoms with van der Waals surface area (Å²) >= 11 is 0. The number of carbonyl (C=O) groups is 3. The molecule has 0 radical (unpaired) electrons. The van der Waals surface area contributed by atoms with Crippen LogP contribution in [0.3, 0.4) is 0 Å². The van der Waals surface area contributed by atoms with Crippen molar-refractivity contribution in [2.24, 2.45) is 5.84 Å². The molecule has 1 aliphatic rings. The summed E-state index contributed by atoms with van der Waals surface area (Å²) < 4.78 is 5.09. The summed E-state index contributed by atoms with van der Waals surface area (Å²) in [6, 6.07) is 10.4. The number of hydrogen-bond donors (Lipinski definition) is 3. The monoisotopic (exact) mass is 326 g/mol. The number of aliphatic hydroxyl groups is 1. The van der Waals surface area contributed by atoms with Crippen molar-refractivity contribution in [2.45, 2.75) is 5.60 Å². The summed E-state index contributed by atoms with van der Waals surface area (Å²) in [6.45, 7) is 0. The van der Waals surface area contributed by atoms with E-state index in [2.05, 4.69) is 5.43 Å². The molecule has 1 unspecified atom stereocenters. The van der Waals surface area contributed by atoms with Crippen LogP contribution in [0.5, 0.6) is 5.75 Å². The second kappa shape index (κ2) is 5.55. The van der Waals surface area contributed by atoms with Crippen molar-refractivity contribution in [1.82, 2.24) is 0 Å². The molecule has 0 fully saturated rings. The molecule has 0 saturated heterocycles. The number of methoxy groups -OCH3 is 1. The number of ketones is 3. The minimum atomic E-state index is -2.80.